The predicted octanol–water partition coefficient (Wildman–Crippen LogP) is 5.39. The lowest BCUT2D eigenvalue weighted by atomic mass is 9.75. The third kappa shape index (κ3) is 3.65. The van der Waals surface area contributed by atoms with Gasteiger partial charge in [-0.05, 0) is 41.9 Å². The minimum Gasteiger partial charge on any atom is -0.201 e. The van der Waals surface area contributed by atoms with Gasteiger partial charge in [-0.15, -0.1) is 0 Å². The molecule has 0 N–H and O–H groups in total. The van der Waals surface area contributed by atoms with E-state index in [1.165, 1.54) is 33.5 Å². The minimum absolute atomic E-state index is 0.129. The number of benzene rings is 1. The molecule has 0 radical (unpaired) electrons. The zero-order chi connectivity index (χ0) is 17.6. The molecule has 23 heavy (non-hydrogen) atoms. The Kier molecular flexibility index (Phi) is 4.45. The molecule has 0 saturated carbocycles. The third-order valence-electron chi connectivity index (χ3n) is 4.55. The summed E-state index contributed by atoms with van der Waals surface area (Å²) in [4.78, 5) is 0. The van der Waals surface area contributed by atoms with Gasteiger partial charge in [-0.3, -0.25) is 0 Å². The van der Waals surface area contributed by atoms with Gasteiger partial charge in [0, 0.05) is 17.2 Å². The van der Waals surface area contributed by atoms with Crippen molar-refractivity contribution in [2.45, 2.75) is 66.2 Å². The van der Waals surface area contributed by atoms with Crippen molar-refractivity contribution >= 4 is 0 Å². The first-order valence-electron chi connectivity index (χ1n) is 8.53. The van der Waals surface area contributed by atoms with Crippen LogP contribution in [-0.2, 0) is 17.9 Å². The predicted molar refractivity (Wildman–Crippen MR) is 99.9 cm³/mol. The van der Waals surface area contributed by atoms with Crippen molar-refractivity contribution in [3.05, 3.63) is 52.7 Å². The summed E-state index contributed by atoms with van der Waals surface area (Å²) in [6.45, 7) is 18.2. The standard InChI is InChI=1S/C22H32N/c1-15-10-11-17(16(2)12-15)20-13-18(21(3,4)5)19(14-23(20)9)22(6,7)8/h10-14H,1-9H3/q+1. The summed E-state index contributed by atoms with van der Waals surface area (Å²) in [5.74, 6) is 0. The maximum absolute atomic E-state index is 2.40. The smallest absolute Gasteiger partial charge is 0.201 e. The Morgan fingerprint density at radius 1 is 0.783 bits per heavy atom. The van der Waals surface area contributed by atoms with Gasteiger partial charge in [-0.1, -0.05) is 59.2 Å². The van der Waals surface area contributed by atoms with Gasteiger partial charge >= 0.3 is 0 Å². The van der Waals surface area contributed by atoms with Crippen LogP contribution in [0.2, 0.25) is 0 Å². The number of nitrogens with zero attached hydrogens (tertiary/aromatic N) is 1. The number of pyridine rings is 1. The van der Waals surface area contributed by atoms with Crippen LogP contribution < -0.4 is 4.57 Å². The zero-order valence-corrected chi connectivity index (χ0v) is 16.3. The second-order valence-corrected chi connectivity index (χ2v) is 8.92. The number of aryl methyl sites for hydroxylation is 3. The molecule has 0 unspecified atom stereocenters. The number of hydrogen-bond acceptors (Lipinski definition) is 0. The van der Waals surface area contributed by atoms with Crippen LogP contribution in [0.4, 0.5) is 0 Å². The molecule has 0 spiro atoms. The van der Waals surface area contributed by atoms with Crippen molar-refractivity contribution < 1.29 is 4.57 Å². The molecule has 0 saturated heterocycles. The Hall–Kier alpha value is -1.63. The molecule has 0 bridgehead atoms. The molecule has 2 aromatic rings. The van der Waals surface area contributed by atoms with Gasteiger partial charge in [0.15, 0.2) is 6.20 Å². The average Bonchev–Trinajstić information content (AvgIpc) is 2.36. The van der Waals surface area contributed by atoms with Crippen LogP contribution >= 0.6 is 0 Å². The highest BCUT2D eigenvalue weighted by atomic mass is 14.9. The quantitative estimate of drug-likeness (QED) is 0.622. The molecule has 1 heteroatoms. The van der Waals surface area contributed by atoms with Gasteiger partial charge in [0.05, 0.1) is 0 Å². The fourth-order valence-corrected chi connectivity index (χ4v) is 3.24. The van der Waals surface area contributed by atoms with Crippen molar-refractivity contribution in [3.63, 3.8) is 0 Å². The molecule has 0 aliphatic heterocycles. The van der Waals surface area contributed by atoms with Gasteiger partial charge in [0.25, 0.3) is 0 Å². The van der Waals surface area contributed by atoms with Crippen LogP contribution in [0.3, 0.4) is 0 Å². The van der Waals surface area contributed by atoms with Gasteiger partial charge in [-0.25, -0.2) is 4.57 Å². The molecule has 0 atom stereocenters. The highest BCUT2D eigenvalue weighted by molar-refractivity contribution is 5.63. The van der Waals surface area contributed by atoms with E-state index >= 15 is 0 Å². The van der Waals surface area contributed by atoms with E-state index in [0.29, 0.717) is 0 Å². The monoisotopic (exact) mass is 310 g/mol. The zero-order valence-electron chi connectivity index (χ0n) is 16.3. The second-order valence-electron chi connectivity index (χ2n) is 8.92. The normalized spacial score (nSPS) is 12.6. The molecule has 1 aromatic carbocycles. The molecule has 0 amide bonds. The van der Waals surface area contributed by atoms with Gasteiger partial charge in [-0.2, -0.15) is 0 Å². The first-order chi connectivity index (χ1) is 10.4. The lowest BCUT2D eigenvalue weighted by Crippen LogP contribution is -2.36. The summed E-state index contributed by atoms with van der Waals surface area (Å²) in [6.07, 6.45) is 2.33. The Bertz CT molecular complexity index is 725. The molecule has 1 heterocycles. The van der Waals surface area contributed by atoms with Crippen molar-refractivity contribution in [2.24, 2.45) is 7.05 Å². The molecule has 1 aromatic heterocycles. The maximum atomic E-state index is 2.40. The van der Waals surface area contributed by atoms with E-state index in [2.05, 4.69) is 97.5 Å². The Morgan fingerprint density at radius 3 is 1.83 bits per heavy atom. The van der Waals surface area contributed by atoms with E-state index < -0.39 is 0 Å². The van der Waals surface area contributed by atoms with Crippen LogP contribution in [0.5, 0.6) is 0 Å². The molecular formula is C22H32N+. The van der Waals surface area contributed by atoms with Crippen LogP contribution in [0.25, 0.3) is 11.3 Å². The van der Waals surface area contributed by atoms with E-state index in [1.807, 2.05) is 0 Å². The number of hydrogen-bond donors (Lipinski definition) is 0. The summed E-state index contributed by atoms with van der Waals surface area (Å²) >= 11 is 0. The van der Waals surface area contributed by atoms with Gasteiger partial charge in [0.2, 0.25) is 5.69 Å². The summed E-state index contributed by atoms with van der Waals surface area (Å²) in [5, 5.41) is 0. The molecule has 1 nitrogen and oxygen atoms in total. The lowest BCUT2D eigenvalue weighted by Gasteiger charge is -2.29. The summed E-state index contributed by atoms with van der Waals surface area (Å²) < 4.78 is 2.29. The van der Waals surface area contributed by atoms with E-state index in [1.54, 1.807) is 0 Å². The maximum Gasteiger partial charge on any atom is 0.212 e. The second kappa shape index (κ2) is 5.78. The largest absolute Gasteiger partial charge is 0.212 e. The molecule has 124 valence electrons. The molecule has 0 aliphatic rings. The lowest BCUT2D eigenvalue weighted by molar-refractivity contribution is -0.661. The summed E-state index contributed by atoms with van der Waals surface area (Å²) in [6, 6.07) is 9.13. The van der Waals surface area contributed by atoms with Gasteiger partial charge in [0.1, 0.15) is 7.05 Å². The van der Waals surface area contributed by atoms with Crippen molar-refractivity contribution in [3.8, 4) is 11.3 Å². The van der Waals surface area contributed by atoms with Crippen LogP contribution in [-0.4, -0.2) is 0 Å². The molecule has 0 aliphatic carbocycles. The Balaban J connectivity index is 2.77. The van der Waals surface area contributed by atoms with Crippen molar-refractivity contribution in [1.82, 2.24) is 0 Å². The van der Waals surface area contributed by atoms with Crippen LogP contribution in [0, 0.1) is 13.8 Å². The SMILES string of the molecule is Cc1ccc(-c2cc(C(C)(C)C)c(C(C)(C)C)c[n+]2C)c(C)c1. The van der Waals surface area contributed by atoms with E-state index in [4.69, 9.17) is 0 Å². The number of rotatable bonds is 1. The minimum atomic E-state index is 0.129. The van der Waals surface area contributed by atoms with Crippen LogP contribution in [0.1, 0.15) is 63.8 Å². The topological polar surface area (TPSA) is 3.88 Å². The van der Waals surface area contributed by atoms with E-state index in [9.17, 15) is 0 Å². The first-order valence-corrected chi connectivity index (χ1v) is 8.53. The highest BCUT2D eigenvalue weighted by Gasteiger charge is 2.30. The first kappa shape index (κ1) is 17.7. The van der Waals surface area contributed by atoms with Crippen molar-refractivity contribution in [1.29, 1.82) is 0 Å². The fourth-order valence-electron chi connectivity index (χ4n) is 3.24. The van der Waals surface area contributed by atoms with Crippen LogP contribution in [0.15, 0.2) is 30.5 Å². The Labute approximate surface area is 142 Å². The highest BCUT2D eigenvalue weighted by Crippen LogP contribution is 2.35. The average molecular weight is 311 g/mol. The Morgan fingerprint density at radius 2 is 1.35 bits per heavy atom. The van der Waals surface area contributed by atoms with Crippen molar-refractivity contribution in [2.75, 3.05) is 0 Å². The molecule has 0 fully saturated rings. The molecule has 2 rings (SSSR count). The number of aromatic nitrogens is 1. The van der Waals surface area contributed by atoms with E-state index in [0.717, 1.165) is 0 Å². The third-order valence-corrected chi connectivity index (χ3v) is 4.55. The summed E-state index contributed by atoms with van der Waals surface area (Å²) in [7, 11) is 2.16. The fraction of sp³-hybridized carbons (Fsp3) is 0.500. The summed E-state index contributed by atoms with van der Waals surface area (Å²) in [5.41, 5.74) is 8.41. The van der Waals surface area contributed by atoms with Gasteiger partial charge < -0.3 is 0 Å². The molecular weight excluding hydrogens is 278 g/mol. The van der Waals surface area contributed by atoms with E-state index in [-0.39, 0.29) is 10.8 Å².